The van der Waals surface area contributed by atoms with Gasteiger partial charge in [-0.25, -0.2) is 0 Å². The summed E-state index contributed by atoms with van der Waals surface area (Å²) >= 11 is 0. The quantitative estimate of drug-likeness (QED) is 0.610. The molecule has 2 aromatic carbocycles. The van der Waals surface area contributed by atoms with Crippen LogP contribution in [-0.2, 0) is 10.8 Å². The summed E-state index contributed by atoms with van der Waals surface area (Å²) in [6.45, 7) is 5.67. The Kier molecular flexibility index (Phi) is 2.94. The summed E-state index contributed by atoms with van der Waals surface area (Å²) in [6, 6.07) is 9.77. The van der Waals surface area contributed by atoms with E-state index >= 15 is 0 Å². The van der Waals surface area contributed by atoms with Gasteiger partial charge in [-0.3, -0.25) is 0 Å². The van der Waals surface area contributed by atoms with E-state index in [9.17, 15) is 20.4 Å². The number of aliphatic hydroxyl groups excluding tert-OH is 1. The summed E-state index contributed by atoms with van der Waals surface area (Å²) in [5.41, 5.74) is 0.662. The van der Waals surface area contributed by atoms with Crippen LogP contribution in [0.2, 0.25) is 0 Å². The van der Waals surface area contributed by atoms with Gasteiger partial charge in [0.05, 0.1) is 6.10 Å². The van der Waals surface area contributed by atoms with Crippen molar-refractivity contribution in [3.05, 3.63) is 53.1 Å². The van der Waals surface area contributed by atoms with Crippen molar-refractivity contribution in [2.45, 2.75) is 37.7 Å². The molecule has 0 saturated carbocycles. The molecular formula is C18H20O4. The van der Waals surface area contributed by atoms with Crippen LogP contribution in [0.15, 0.2) is 36.4 Å². The average Bonchev–Trinajstić information content (AvgIpc) is 2.63. The van der Waals surface area contributed by atoms with E-state index in [1.807, 2.05) is 20.8 Å². The molecule has 1 aliphatic carbocycles. The number of fused-ring (bicyclic) bond motifs is 1. The highest BCUT2D eigenvalue weighted by molar-refractivity contribution is 5.63. The number of rotatable bonds is 1. The van der Waals surface area contributed by atoms with Gasteiger partial charge in [-0.1, -0.05) is 32.0 Å². The second-order valence-corrected chi connectivity index (χ2v) is 6.73. The zero-order valence-corrected chi connectivity index (χ0v) is 12.8. The monoisotopic (exact) mass is 300 g/mol. The topological polar surface area (TPSA) is 80.9 Å². The van der Waals surface area contributed by atoms with Gasteiger partial charge >= 0.3 is 0 Å². The molecule has 116 valence electrons. The van der Waals surface area contributed by atoms with Crippen LogP contribution in [0.5, 0.6) is 17.2 Å². The van der Waals surface area contributed by atoms with E-state index in [1.54, 1.807) is 30.3 Å². The number of hydrogen-bond donors (Lipinski definition) is 4. The van der Waals surface area contributed by atoms with Crippen LogP contribution in [-0.4, -0.2) is 26.5 Å². The zero-order valence-electron chi connectivity index (χ0n) is 12.8. The van der Waals surface area contributed by atoms with Gasteiger partial charge in [-0.2, -0.15) is 0 Å². The third-order valence-electron chi connectivity index (χ3n) is 5.07. The van der Waals surface area contributed by atoms with E-state index in [1.165, 1.54) is 6.07 Å². The lowest BCUT2D eigenvalue weighted by atomic mass is 9.72. The predicted octanol–water partition coefficient (Wildman–Crippen LogP) is 2.76. The lowest BCUT2D eigenvalue weighted by Crippen LogP contribution is -2.41. The van der Waals surface area contributed by atoms with Crippen LogP contribution in [0, 0.1) is 0 Å². The third-order valence-corrected chi connectivity index (χ3v) is 5.07. The van der Waals surface area contributed by atoms with Crippen molar-refractivity contribution in [3.8, 4) is 17.2 Å². The van der Waals surface area contributed by atoms with E-state index in [2.05, 4.69) is 0 Å². The first-order chi connectivity index (χ1) is 10.2. The minimum absolute atomic E-state index is 0.138. The van der Waals surface area contributed by atoms with Gasteiger partial charge in [0.25, 0.3) is 0 Å². The highest BCUT2D eigenvalue weighted by Gasteiger charge is 2.55. The van der Waals surface area contributed by atoms with Crippen molar-refractivity contribution in [2.24, 2.45) is 0 Å². The number of aromatic hydroxyl groups is 3. The molecule has 0 heterocycles. The number of benzene rings is 2. The van der Waals surface area contributed by atoms with Crippen LogP contribution in [0.1, 0.15) is 37.5 Å². The largest absolute Gasteiger partial charge is 0.508 e. The maximum Gasteiger partial charge on any atom is 0.161 e. The Balaban J connectivity index is 2.34. The molecule has 4 nitrogen and oxygen atoms in total. The van der Waals surface area contributed by atoms with Crippen LogP contribution >= 0.6 is 0 Å². The summed E-state index contributed by atoms with van der Waals surface area (Å²) in [4.78, 5) is 0. The maximum atomic E-state index is 11.0. The van der Waals surface area contributed by atoms with Gasteiger partial charge in [0.15, 0.2) is 11.5 Å². The Morgan fingerprint density at radius 1 is 0.864 bits per heavy atom. The Morgan fingerprint density at radius 2 is 1.45 bits per heavy atom. The molecular weight excluding hydrogens is 280 g/mol. The molecule has 3 rings (SSSR count). The van der Waals surface area contributed by atoms with E-state index in [0.717, 1.165) is 11.1 Å². The summed E-state index contributed by atoms with van der Waals surface area (Å²) in [6.07, 6.45) is -0.785. The third kappa shape index (κ3) is 1.67. The first-order valence-corrected chi connectivity index (χ1v) is 7.24. The molecule has 0 aliphatic heterocycles. The number of phenols is 3. The van der Waals surface area contributed by atoms with Crippen molar-refractivity contribution >= 4 is 0 Å². The normalized spacial score (nSPS) is 25.9. The average molecular weight is 300 g/mol. The van der Waals surface area contributed by atoms with Gasteiger partial charge in [0.2, 0.25) is 0 Å². The van der Waals surface area contributed by atoms with E-state index in [4.69, 9.17) is 0 Å². The fourth-order valence-corrected chi connectivity index (χ4v) is 3.76. The summed E-state index contributed by atoms with van der Waals surface area (Å²) in [5.74, 6) is -0.259. The first kappa shape index (κ1) is 14.7. The Bertz CT molecular complexity index is 733. The lowest BCUT2D eigenvalue weighted by Gasteiger charge is -2.35. The molecule has 0 aromatic heterocycles. The molecule has 0 spiro atoms. The molecule has 0 radical (unpaired) electrons. The smallest absolute Gasteiger partial charge is 0.161 e. The number of hydrogen-bond acceptors (Lipinski definition) is 4. The standard InChI is InChI=1S/C18H20O4/c1-17(2)12-8-9-13(20)15(21)14(12)18(3,16(17)22)10-4-6-11(19)7-5-10/h4-9,16,19-22H,1-3H3. The highest BCUT2D eigenvalue weighted by atomic mass is 16.3. The van der Waals surface area contributed by atoms with Crippen molar-refractivity contribution < 1.29 is 20.4 Å². The fraction of sp³-hybridized carbons (Fsp3) is 0.333. The summed E-state index contributed by atoms with van der Waals surface area (Å²) in [5, 5.41) is 40.8. The van der Waals surface area contributed by atoms with E-state index in [0.29, 0.717) is 5.56 Å². The Hall–Kier alpha value is -2.20. The van der Waals surface area contributed by atoms with E-state index in [-0.39, 0.29) is 17.2 Å². The van der Waals surface area contributed by atoms with Crippen LogP contribution in [0.4, 0.5) is 0 Å². The summed E-state index contributed by atoms with van der Waals surface area (Å²) < 4.78 is 0. The van der Waals surface area contributed by atoms with Gasteiger partial charge in [0.1, 0.15) is 5.75 Å². The molecule has 1 aliphatic rings. The van der Waals surface area contributed by atoms with Crippen molar-refractivity contribution in [3.63, 3.8) is 0 Å². The van der Waals surface area contributed by atoms with Crippen molar-refractivity contribution in [1.82, 2.24) is 0 Å². The Labute approximate surface area is 129 Å². The summed E-state index contributed by atoms with van der Waals surface area (Å²) in [7, 11) is 0. The van der Waals surface area contributed by atoms with Crippen LogP contribution in [0.25, 0.3) is 0 Å². The molecule has 4 heteroatoms. The number of aliphatic hydroxyl groups is 1. The van der Waals surface area contributed by atoms with Crippen molar-refractivity contribution in [2.75, 3.05) is 0 Å². The molecule has 4 N–H and O–H groups in total. The Morgan fingerprint density at radius 3 is 2.05 bits per heavy atom. The van der Waals surface area contributed by atoms with Crippen LogP contribution in [0.3, 0.4) is 0 Å². The van der Waals surface area contributed by atoms with Gasteiger partial charge in [-0.15, -0.1) is 0 Å². The predicted molar refractivity (Wildman–Crippen MR) is 83.4 cm³/mol. The lowest BCUT2D eigenvalue weighted by molar-refractivity contribution is 0.0648. The number of phenolic OH excluding ortho intramolecular Hbond substituents is 3. The molecule has 0 bridgehead atoms. The molecule has 0 amide bonds. The molecule has 2 atom stereocenters. The van der Waals surface area contributed by atoms with E-state index < -0.39 is 16.9 Å². The zero-order chi connectivity index (χ0) is 16.3. The van der Waals surface area contributed by atoms with Crippen LogP contribution < -0.4 is 0 Å². The molecule has 2 aromatic rings. The second kappa shape index (κ2) is 4.40. The first-order valence-electron chi connectivity index (χ1n) is 7.24. The maximum absolute atomic E-state index is 11.0. The molecule has 0 saturated heterocycles. The highest BCUT2D eigenvalue weighted by Crippen LogP contribution is 2.57. The van der Waals surface area contributed by atoms with Gasteiger partial charge < -0.3 is 20.4 Å². The fourth-order valence-electron chi connectivity index (χ4n) is 3.76. The molecule has 0 fully saturated rings. The van der Waals surface area contributed by atoms with Crippen molar-refractivity contribution in [1.29, 1.82) is 0 Å². The van der Waals surface area contributed by atoms with Gasteiger partial charge in [0, 0.05) is 16.4 Å². The van der Waals surface area contributed by atoms with Gasteiger partial charge in [-0.05, 0) is 36.2 Å². The second-order valence-electron chi connectivity index (χ2n) is 6.73. The minimum Gasteiger partial charge on any atom is -0.508 e. The minimum atomic E-state index is -0.880. The molecule has 22 heavy (non-hydrogen) atoms. The SMILES string of the molecule is CC1(C)c2ccc(O)c(O)c2C(C)(c2ccc(O)cc2)C1O. The molecule has 2 unspecified atom stereocenters.